The fourth-order valence-electron chi connectivity index (χ4n) is 3.31. The molecule has 1 saturated heterocycles. The third-order valence-corrected chi connectivity index (χ3v) is 4.75. The lowest BCUT2D eigenvalue weighted by Gasteiger charge is -2.22. The Morgan fingerprint density at radius 1 is 1.33 bits per heavy atom. The van der Waals surface area contributed by atoms with E-state index in [2.05, 4.69) is 10.4 Å². The first-order chi connectivity index (χ1) is 10.1. The van der Waals surface area contributed by atoms with Gasteiger partial charge < -0.3 is 5.32 Å². The molecule has 1 atom stereocenters. The second-order valence-electron chi connectivity index (χ2n) is 6.06. The Morgan fingerprint density at radius 3 is 2.67 bits per heavy atom. The van der Waals surface area contributed by atoms with Crippen molar-refractivity contribution in [1.29, 1.82) is 0 Å². The normalized spacial score (nSPS) is 23.5. The van der Waals surface area contributed by atoms with Gasteiger partial charge in [0.25, 0.3) is 0 Å². The van der Waals surface area contributed by atoms with Crippen molar-refractivity contribution in [2.75, 3.05) is 0 Å². The Labute approximate surface area is 124 Å². The van der Waals surface area contributed by atoms with Crippen LogP contribution in [0.25, 0.3) is 0 Å². The van der Waals surface area contributed by atoms with Gasteiger partial charge in [-0.25, -0.2) is 0 Å². The summed E-state index contributed by atoms with van der Waals surface area (Å²) in [7, 11) is 1.89. The molecule has 1 aromatic heterocycles. The van der Waals surface area contributed by atoms with E-state index in [-0.39, 0.29) is 30.3 Å². The summed E-state index contributed by atoms with van der Waals surface area (Å²) in [5.41, 5.74) is 2.14. The monoisotopic (exact) mass is 290 g/mol. The molecule has 0 radical (unpaired) electrons. The molecular weight excluding hydrogens is 268 g/mol. The lowest BCUT2D eigenvalue weighted by molar-refractivity contribution is -0.141. The molecule has 6 nitrogen and oxygen atoms in total. The maximum absolute atomic E-state index is 12.4. The van der Waals surface area contributed by atoms with Gasteiger partial charge in [-0.1, -0.05) is 12.8 Å². The second-order valence-corrected chi connectivity index (χ2v) is 6.06. The van der Waals surface area contributed by atoms with Crippen LogP contribution in [0.15, 0.2) is 6.20 Å². The summed E-state index contributed by atoms with van der Waals surface area (Å²) in [5.74, 6) is -0.0687. The minimum absolute atomic E-state index is 0.0210. The van der Waals surface area contributed by atoms with Gasteiger partial charge in [-0.2, -0.15) is 5.10 Å². The molecule has 3 rings (SSSR count). The summed E-state index contributed by atoms with van der Waals surface area (Å²) in [4.78, 5) is 26.1. The fraction of sp³-hybridized carbons (Fsp3) is 0.667. The first kappa shape index (κ1) is 14.3. The predicted octanol–water partition coefficient (Wildman–Crippen LogP) is 0.888. The lowest BCUT2D eigenvalue weighted by Crippen LogP contribution is -2.42. The molecule has 1 unspecified atom stereocenters. The second kappa shape index (κ2) is 5.60. The molecule has 0 aromatic carbocycles. The van der Waals surface area contributed by atoms with Crippen molar-refractivity contribution in [1.82, 2.24) is 20.0 Å². The number of nitrogens with zero attached hydrogens (tertiary/aromatic N) is 3. The highest BCUT2D eigenvalue weighted by Crippen LogP contribution is 2.28. The van der Waals surface area contributed by atoms with Crippen molar-refractivity contribution in [2.45, 2.75) is 57.7 Å². The summed E-state index contributed by atoms with van der Waals surface area (Å²) >= 11 is 0. The molecule has 2 amide bonds. The van der Waals surface area contributed by atoms with Crippen molar-refractivity contribution >= 4 is 11.8 Å². The van der Waals surface area contributed by atoms with E-state index in [4.69, 9.17) is 0 Å². The standard InChI is InChI=1S/C15H22N4O2/c1-10-11(9-17-18(10)2)8-16-13-7-14(20)19(15(13)21)12-5-3-4-6-12/h9,12-13,16H,3-8H2,1-2H3. The van der Waals surface area contributed by atoms with Gasteiger partial charge in [0.05, 0.1) is 18.7 Å². The van der Waals surface area contributed by atoms with Crippen molar-refractivity contribution in [2.24, 2.45) is 7.05 Å². The molecule has 1 aromatic rings. The van der Waals surface area contributed by atoms with Gasteiger partial charge in [0.1, 0.15) is 0 Å². The molecule has 1 N–H and O–H groups in total. The molecule has 114 valence electrons. The van der Waals surface area contributed by atoms with E-state index in [1.807, 2.05) is 18.7 Å². The first-order valence-corrected chi connectivity index (χ1v) is 7.64. The number of aryl methyl sites for hydroxylation is 1. The van der Waals surface area contributed by atoms with Crippen LogP contribution in [0.2, 0.25) is 0 Å². The molecule has 6 heteroatoms. The molecule has 1 aliphatic heterocycles. The van der Waals surface area contributed by atoms with E-state index in [0.717, 1.165) is 36.9 Å². The van der Waals surface area contributed by atoms with Crippen LogP contribution >= 0.6 is 0 Å². The highest BCUT2D eigenvalue weighted by atomic mass is 16.2. The van der Waals surface area contributed by atoms with Crippen molar-refractivity contribution < 1.29 is 9.59 Å². The molecule has 1 aliphatic carbocycles. The highest BCUT2D eigenvalue weighted by molar-refractivity contribution is 6.05. The van der Waals surface area contributed by atoms with E-state index in [1.54, 1.807) is 6.20 Å². The molecular formula is C15H22N4O2. The Hall–Kier alpha value is -1.69. The summed E-state index contributed by atoms with van der Waals surface area (Å²) in [6.07, 6.45) is 6.26. The quantitative estimate of drug-likeness (QED) is 0.836. The Morgan fingerprint density at radius 2 is 2.05 bits per heavy atom. The number of rotatable bonds is 4. The van der Waals surface area contributed by atoms with Crippen LogP contribution < -0.4 is 5.32 Å². The van der Waals surface area contributed by atoms with Gasteiger partial charge in [0.2, 0.25) is 11.8 Å². The summed E-state index contributed by atoms with van der Waals surface area (Å²) < 4.78 is 1.81. The van der Waals surface area contributed by atoms with Crippen LogP contribution in [0.1, 0.15) is 43.4 Å². The minimum atomic E-state index is -0.377. The highest BCUT2D eigenvalue weighted by Gasteiger charge is 2.42. The van der Waals surface area contributed by atoms with Gasteiger partial charge in [0.15, 0.2) is 0 Å². The zero-order valence-corrected chi connectivity index (χ0v) is 12.6. The van der Waals surface area contributed by atoms with Gasteiger partial charge in [-0.3, -0.25) is 19.2 Å². The number of aromatic nitrogens is 2. The zero-order valence-electron chi connectivity index (χ0n) is 12.6. The maximum atomic E-state index is 12.4. The Bertz CT molecular complexity index is 560. The van der Waals surface area contributed by atoms with Crippen LogP contribution in [0.4, 0.5) is 0 Å². The average molecular weight is 290 g/mol. The maximum Gasteiger partial charge on any atom is 0.247 e. The number of carbonyl (C=O) groups excluding carboxylic acids is 2. The molecule has 21 heavy (non-hydrogen) atoms. The van der Waals surface area contributed by atoms with Crippen LogP contribution in [0.5, 0.6) is 0 Å². The van der Waals surface area contributed by atoms with Gasteiger partial charge in [-0.05, 0) is 19.8 Å². The van der Waals surface area contributed by atoms with E-state index in [1.165, 1.54) is 4.90 Å². The topological polar surface area (TPSA) is 67.2 Å². The van der Waals surface area contributed by atoms with E-state index in [9.17, 15) is 9.59 Å². The lowest BCUT2D eigenvalue weighted by atomic mass is 10.2. The number of nitrogens with one attached hydrogen (secondary N) is 1. The third kappa shape index (κ3) is 2.60. The number of carbonyl (C=O) groups is 2. The minimum Gasteiger partial charge on any atom is -0.301 e. The Balaban J connectivity index is 1.63. The van der Waals surface area contributed by atoms with Crippen LogP contribution in [-0.2, 0) is 23.2 Å². The van der Waals surface area contributed by atoms with Crippen molar-refractivity contribution in [3.63, 3.8) is 0 Å². The number of imide groups is 1. The molecule has 2 aliphatic rings. The molecule has 2 heterocycles. The smallest absolute Gasteiger partial charge is 0.247 e. The average Bonchev–Trinajstić information content (AvgIpc) is 3.13. The zero-order chi connectivity index (χ0) is 15.0. The number of likely N-dealkylation sites (tertiary alicyclic amines) is 1. The SMILES string of the molecule is Cc1c(CNC2CC(=O)N(C3CCCC3)C2=O)cnn1C. The van der Waals surface area contributed by atoms with Crippen LogP contribution in [0, 0.1) is 6.92 Å². The van der Waals surface area contributed by atoms with Gasteiger partial charge in [0, 0.05) is 30.9 Å². The van der Waals surface area contributed by atoms with Crippen LogP contribution in [-0.4, -0.2) is 38.6 Å². The molecule has 1 saturated carbocycles. The van der Waals surface area contributed by atoms with Crippen LogP contribution in [0.3, 0.4) is 0 Å². The number of hydrogen-bond acceptors (Lipinski definition) is 4. The van der Waals surface area contributed by atoms with Gasteiger partial charge in [-0.15, -0.1) is 0 Å². The van der Waals surface area contributed by atoms with Crippen molar-refractivity contribution in [3.8, 4) is 0 Å². The molecule has 0 bridgehead atoms. The van der Waals surface area contributed by atoms with E-state index in [0.29, 0.717) is 6.54 Å². The number of amides is 2. The first-order valence-electron chi connectivity index (χ1n) is 7.64. The predicted molar refractivity (Wildman–Crippen MR) is 77.3 cm³/mol. The van der Waals surface area contributed by atoms with Gasteiger partial charge >= 0.3 is 0 Å². The summed E-state index contributed by atoms with van der Waals surface area (Å²) in [6.45, 7) is 2.57. The fourth-order valence-corrected chi connectivity index (χ4v) is 3.31. The van der Waals surface area contributed by atoms with E-state index < -0.39 is 0 Å². The third-order valence-electron chi connectivity index (χ3n) is 4.75. The summed E-state index contributed by atoms with van der Waals surface area (Å²) in [5, 5.41) is 7.41. The Kier molecular flexibility index (Phi) is 3.80. The number of hydrogen-bond donors (Lipinski definition) is 1. The van der Waals surface area contributed by atoms with E-state index >= 15 is 0 Å². The largest absolute Gasteiger partial charge is 0.301 e. The molecule has 0 spiro atoms. The van der Waals surface area contributed by atoms with Crippen molar-refractivity contribution in [3.05, 3.63) is 17.5 Å². The molecule has 2 fully saturated rings. The summed E-state index contributed by atoms with van der Waals surface area (Å²) in [6, 6.07) is -0.241.